The summed E-state index contributed by atoms with van der Waals surface area (Å²) >= 11 is 1.27. The number of carbonyl (C=O) groups is 1. The molecule has 0 amide bonds. The van der Waals surface area contributed by atoms with Crippen LogP contribution >= 0.6 is 11.3 Å². The van der Waals surface area contributed by atoms with Crippen LogP contribution < -0.4 is 0 Å². The summed E-state index contributed by atoms with van der Waals surface area (Å²) in [5.74, 6) is -0.240. The lowest BCUT2D eigenvalue weighted by atomic mass is 10.0. The maximum atomic E-state index is 11.7. The topological polar surface area (TPSA) is 76.0 Å². The molecule has 0 saturated carbocycles. The molecule has 182 valence electrons. The van der Waals surface area contributed by atoms with E-state index in [1.807, 2.05) is 36.7 Å². The number of carboxylic acids is 1. The molecular formula is C28H37N3O2S. The van der Waals surface area contributed by atoms with Crippen LogP contribution in [0.15, 0.2) is 36.7 Å². The third kappa shape index (κ3) is 7.73. The molecule has 0 bridgehead atoms. The van der Waals surface area contributed by atoms with E-state index < -0.39 is 5.97 Å². The molecular weight excluding hydrogens is 442 g/mol. The molecule has 0 aliphatic heterocycles. The zero-order chi connectivity index (χ0) is 24.2. The first-order valence-corrected chi connectivity index (χ1v) is 13.6. The number of hydrogen-bond donors (Lipinski definition) is 1. The van der Waals surface area contributed by atoms with Crippen molar-refractivity contribution in [3.63, 3.8) is 0 Å². The molecule has 34 heavy (non-hydrogen) atoms. The summed E-state index contributed by atoms with van der Waals surface area (Å²) in [5.41, 5.74) is 3.45. The normalized spacial score (nSPS) is 11.1. The first-order chi connectivity index (χ1) is 16.6. The van der Waals surface area contributed by atoms with Crippen molar-refractivity contribution in [1.82, 2.24) is 15.0 Å². The zero-order valence-corrected chi connectivity index (χ0v) is 21.4. The van der Waals surface area contributed by atoms with E-state index in [-0.39, 0.29) is 0 Å². The molecule has 0 unspecified atom stereocenters. The van der Waals surface area contributed by atoms with Crippen LogP contribution in [-0.4, -0.2) is 26.0 Å². The summed E-state index contributed by atoms with van der Waals surface area (Å²) in [7, 11) is 0. The van der Waals surface area contributed by atoms with Crippen molar-refractivity contribution in [3.05, 3.63) is 52.1 Å². The maximum Gasteiger partial charge on any atom is 0.348 e. The number of carboxylic acid groups (broad SMARTS) is 1. The second-order valence-corrected chi connectivity index (χ2v) is 9.99. The number of aryl methyl sites for hydroxylation is 2. The molecule has 1 aromatic carbocycles. The second-order valence-electron chi connectivity index (χ2n) is 8.91. The maximum absolute atomic E-state index is 11.7. The Labute approximate surface area is 207 Å². The van der Waals surface area contributed by atoms with Gasteiger partial charge in [-0.1, -0.05) is 89.5 Å². The van der Waals surface area contributed by atoms with Crippen molar-refractivity contribution in [2.24, 2.45) is 0 Å². The molecule has 6 heteroatoms. The van der Waals surface area contributed by atoms with Crippen LogP contribution in [0.25, 0.3) is 22.6 Å². The highest BCUT2D eigenvalue weighted by Gasteiger charge is 2.18. The van der Waals surface area contributed by atoms with E-state index in [1.165, 1.54) is 74.7 Å². The molecule has 5 nitrogen and oxygen atoms in total. The smallest absolute Gasteiger partial charge is 0.348 e. The van der Waals surface area contributed by atoms with Gasteiger partial charge in [0.05, 0.1) is 10.7 Å². The van der Waals surface area contributed by atoms with Crippen molar-refractivity contribution in [2.45, 2.75) is 90.9 Å². The summed E-state index contributed by atoms with van der Waals surface area (Å²) in [6.07, 6.45) is 18.6. The monoisotopic (exact) mass is 479 g/mol. The molecule has 0 atom stereocenters. The van der Waals surface area contributed by atoms with Crippen LogP contribution in [0.4, 0.5) is 0 Å². The predicted octanol–water partition coefficient (Wildman–Crippen LogP) is 7.99. The number of benzene rings is 1. The van der Waals surface area contributed by atoms with Crippen LogP contribution in [0.1, 0.15) is 98.3 Å². The Hall–Kier alpha value is -2.60. The van der Waals surface area contributed by atoms with Gasteiger partial charge in [-0.05, 0) is 31.2 Å². The SMILES string of the molecule is CCCCCCCCCCCc1cnc(-c2ccc(-c3nc(CCC)sc3C(=O)O)cc2)nc1. The third-order valence-electron chi connectivity index (χ3n) is 6.02. The molecule has 0 fully saturated rings. The van der Waals surface area contributed by atoms with Gasteiger partial charge in [-0.3, -0.25) is 0 Å². The number of thiazole rings is 1. The van der Waals surface area contributed by atoms with Gasteiger partial charge in [-0.25, -0.2) is 19.7 Å². The lowest BCUT2D eigenvalue weighted by molar-refractivity contribution is 0.0702. The fourth-order valence-corrected chi connectivity index (χ4v) is 5.10. The molecule has 0 saturated heterocycles. The molecule has 0 aliphatic carbocycles. The van der Waals surface area contributed by atoms with Gasteiger partial charge in [0, 0.05) is 23.5 Å². The number of nitrogens with zero attached hydrogens (tertiary/aromatic N) is 3. The fourth-order valence-electron chi connectivity index (χ4n) is 4.08. The molecule has 0 aliphatic rings. The predicted molar refractivity (Wildman–Crippen MR) is 140 cm³/mol. The minimum atomic E-state index is -0.926. The van der Waals surface area contributed by atoms with E-state index >= 15 is 0 Å². The van der Waals surface area contributed by atoms with Gasteiger partial charge in [0.1, 0.15) is 4.88 Å². The molecule has 1 N–H and O–H groups in total. The molecule has 2 heterocycles. The lowest BCUT2D eigenvalue weighted by Crippen LogP contribution is -1.96. The Morgan fingerprint density at radius 3 is 1.97 bits per heavy atom. The summed E-state index contributed by atoms with van der Waals surface area (Å²) in [5, 5.41) is 10.4. The van der Waals surface area contributed by atoms with Crippen molar-refractivity contribution >= 4 is 17.3 Å². The Kier molecular flexibility index (Phi) is 10.7. The summed E-state index contributed by atoms with van der Waals surface area (Å²) in [6.45, 7) is 4.33. The van der Waals surface area contributed by atoms with E-state index in [0.29, 0.717) is 16.4 Å². The molecule has 2 aromatic heterocycles. The van der Waals surface area contributed by atoms with Gasteiger partial charge in [0.2, 0.25) is 0 Å². The van der Waals surface area contributed by atoms with Crippen LogP contribution in [0.2, 0.25) is 0 Å². The van der Waals surface area contributed by atoms with Gasteiger partial charge in [-0.15, -0.1) is 11.3 Å². The highest BCUT2D eigenvalue weighted by Crippen LogP contribution is 2.30. The summed E-state index contributed by atoms with van der Waals surface area (Å²) in [4.78, 5) is 25.7. The van der Waals surface area contributed by atoms with Crippen molar-refractivity contribution in [1.29, 1.82) is 0 Å². The Balaban J connectivity index is 1.51. The van der Waals surface area contributed by atoms with E-state index in [1.54, 1.807) is 0 Å². The minimum Gasteiger partial charge on any atom is -0.477 e. The fraction of sp³-hybridized carbons (Fsp3) is 0.500. The van der Waals surface area contributed by atoms with Crippen molar-refractivity contribution in [3.8, 4) is 22.6 Å². The number of unbranched alkanes of at least 4 members (excludes halogenated alkanes) is 8. The van der Waals surface area contributed by atoms with E-state index in [4.69, 9.17) is 0 Å². The Bertz CT molecular complexity index is 1010. The highest BCUT2D eigenvalue weighted by atomic mass is 32.1. The highest BCUT2D eigenvalue weighted by molar-refractivity contribution is 7.14. The van der Waals surface area contributed by atoms with Gasteiger partial charge in [-0.2, -0.15) is 0 Å². The van der Waals surface area contributed by atoms with E-state index in [2.05, 4.69) is 28.8 Å². The number of aromatic nitrogens is 3. The van der Waals surface area contributed by atoms with Gasteiger partial charge < -0.3 is 5.11 Å². The molecule has 0 radical (unpaired) electrons. The van der Waals surface area contributed by atoms with Crippen LogP contribution in [0.3, 0.4) is 0 Å². The van der Waals surface area contributed by atoms with Crippen molar-refractivity contribution in [2.75, 3.05) is 0 Å². The molecule has 3 rings (SSSR count). The number of rotatable bonds is 15. The standard InChI is InChI=1S/C28H37N3O2S/c1-3-5-6-7-8-9-10-11-12-14-21-19-29-27(30-20-21)23-17-15-22(16-18-23)25-26(28(32)33)34-24(31-25)13-4-2/h15-20H,3-14H2,1-2H3,(H,32,33). The first kappa shape index (κ1) is 26.0. The summed E-state index contributed by atoms with van der Waals surface area (Å²) < 4.78 is 0. The molecule has 0 spiro atoms. The lowest BCUT2D eigenvalue weighted by Gasteiger charge is -2.05. The number of aromatic carboxylic acids is 1. The second kappa shape index (κ2) is 14.0. The summed E-state index contributed by atoms with van der Waals surface area (Å²) in [6, 6.07) is 7.70. The van der Waals surface area contributed by atoms with Crippen LogP contribution in [-0.2, 0) is 12.8 Å². The molecule has 3 aromatic rings. The van der Waals surface area contributed by atoms with Gasteiger partial charge in [0.15, 0.2) is 5.82 Å². The first-order valence-electron chi connectivity index (χ1n) is 12.8. The average Bonchev–Trinajstić information content (AvgIpc) is 3.28. The Morgan fingerprint density at radius 1 is 0.794 bits per heavy atom. The quantitative estimate of drug-likeness (QED) is 0.224. The van der Waals surface area contributed by atoms with E-state index in [9.17, 15) is 9.90 Å². The van der Waals surface area contributed by atoms with Gasteiger partial charge >= 0.3 is 5.97 Å². The third-order valence-corrected chi connectivity index (χ3v) is 7.12. The largest absolute Gasteiger partial charge is 0.477 e. The van der Waals surface area contributed by atoms with Gasteiger partial charge in [0.25, 0.3) is 0 Å². The Morgan fingerprint density at radius 2 is 1.38 bits per heavy atom. The van der Waals surface area contributed by atoms with Crippen LogP contribution in [0, 0.1) is 0 Å². The minimum absolute atomic E-state index is 0.299. The zero-order valence-electron chi connectivity index (χ0n) is 20.6. The average molecular weight is 480 g/mol. The van der Waals surface area contributed by atoms with Crippen molar-refractivity contribution < 1.29 is 9.90 Å². The number of hydrogen-bond acceptors (Lipinski definition) is 5. The van der Waals surface area contributed by atoms with Crippen LogP contribution in [0.5, 0.6) is 0 Å². The van der Waals surface area contributed by atoms with E-state index in [0.717, 1.165) is 35.4 Å².